The first-order chi connectivity index (χ1) is 25.7. The van der Waals surface area contributed by atoms with E-state index in [2.05, 4.69) is 127 Å². The van der Waals surface area contributed by atoms with E-state index >= 15 is 0 Å². The Kier molecular flexibility index (Phi) is 6.87. The highest BCUT2D eigenvalue weighted by Gasteiger charge is 2.21. The molecule has 0 spiro atoms. The predicted octanol–water partition coefficient (Wildman–Crippen LogP) is 13.7. The minimum absolute atomic E-state index is 0.620. The van der Waals surface area contributed by atoms with Gasteiger partial charge in [0.2, 0.25) is 0 Å². The number of nitrogens with zero attached hydrogens (tertiary/aromatic N) is 1. The molecule has 0 amide bonds. The monoisotopic (exact) mass is 663 g/mol. The Morgan fingerprint density at radius 2 is 0.865 bits per heavy atom. The minimum atomic E-state index is 0.620. The molecule has 0 aliphatic heterocycles. The number of nitriles is 1. The largest absolute Gasteiger partial charge is 0.456 e. The van der Waals surface area contributed by atoms with Crippen LogP contribution in [0.5, 0.6) is 0 Å². The zero-order valence-electron chi connectivity index (χ0n) is 28.0. The summed E-state index contributed by atoms with van der Waals surface area (Å²) < 4.78 is 12.5. The molecule has 0 aliphatic carbocycles. The van der Waals surface area contributed by atoms with Gasteiger partial charge in [0.05, 0.1) is 11.6 Å². The van der Waals surface area contributed by atoms with Gasteiger partial charge in [-0.2, -0.15) is 5.26 Å². The standard InChI is InChI=1S/C49H29NO2/c50-30-31-19-22-37(40(25-31)32-11-3-1-4-12-32)44-29-36(34-20-23-47-42(26-34)38-15-7-9-17-45(38)51-47)28-41(49(44)33-13-5-2-6-14-33)35-21-24-48-43(27-35)39-16-8-10-18-46(39)52-48/h1-29H. The van der Waals surface area contributed by atoms with Crippen molar-refractivity contribution < 1.29 is 8.83 Å². The third kappa shape index (κ3) is 4.89. The van der Waals surface area contributed by atoms with Crippen LogP contribution in [0.4, 0.5) is 0 Å². The van der Waals surface area contributed by atoms with Crippen molar-refractivity contribution in [3.05, 3.63) is 181 Å². The van der Waals surface area contributed by atoms with E-state index in [1.807, 2.05) is 54.6 Å². The number of hydrogen-bond acceptors (Lipinski definition) is 3. The zero-order chi connectivity index (χ0) is 34.6. The van der Waals surface area contributed by atoms with Crippen LogP contribution in [0, 0.1) is 11.3 Å². The lowest BCUT2D eigenvalue weighted by atomic mass is 9.82. The van der Waals surface area contributed by atoms with Gasteiger partial charge in [0.25, 0.3) is 0 Å². The van der Waals surface area contributed by atoms with E-state index in [0.717, 1.165) is 99.5 Å². The summed E-state index contributed by atoms with van der Waals surface area (Å²) in [4.78, 5) is 0. The van der Waals surface area contributed by atoms with Crippen molar-refractivity contribution in [2.24, 2.45) is 0 Å². The molecule has 0 atom stereocenters. The number of hydrogen-bond donors (Lipinski definition) is 0. The Bertz CT molecular complexity index is 3020. The number of benzene rings is 8. The van der Waals surface area contributed by atoms with Gasteiger partial charge in [-0.1, -0.05) is 115 Å². The van der Waals surface area contributed by atoms with Crippen molar-refractivity contribution in [1.82, 2.24) is 0 Å². The molecule has 10 aromatic rings. The molecular formula is C49H29NO2. The Balaban J connectivity index is 1.32. The molecule has 0 N–H and O–H groups in total. The first-order valence-electron chi connectivity index (χ1n) is 17.4. The summed E-state index contributed by atoms with van der Waals surface area (Å²) in [5.41, 5.74) is 14.9. The van der Waals surface area contributed by atoms with E-state index in [1.165, 1.54) is 0 Å². The van der Waals surface area contributed by atoms with E-state index in [0.29, 0.717) is 5.56 Å². The van der Waals surface area contributed by atoms with Crippen LogP contribution in [0.15, 0.2) is 185 Å². The lowest BCUT2D eigenvalue weighted by molar-refractivity contribution is 0.668. The second-order valence-electron chi connectivity index (χ2n) is 13.2. The molecule has 3 heteroatoms. The first kappa shape index (κ1) is 29.7. The van der Waals surface area contributed by atoms with Crippen LogP contribution in [-0.4, -0.2) is 0 Å². The first-order valence-corrected chi connectivity index (χ1v) is 17.4. The summed E-state index contributed by atoms with van der Waals surface area (Å²) >= 11 is 0. The highest BCUT2D eigenvalue weighted by molar-refractivity contribution is 6.09. The van der Waals surface area contributed by atoms with Crippen LogP contribution in [0.25, 0.3) is 99.5 Å². The summed E-state index contributed by atoms with van der Waals surface area (Å²) in [6.07, 6.45) is 0. The summed E-state index contributed by atoms with van der Waals surface area (Å²) in [6.45, 7) is 0. The molecule has 2 heterocycles. The van der Waals surface area contributed by atoms with Gasteiger partial charge >= 0.3 is 0 Å². The summed E-state index contributed by atoms with van der Waals surface area (Å²) in [5, 5.41) is 14.4. The minimum Gasteiger partial charge on any atom is -0.456 e. The molecular weight excluding hydrogens is 635 g/mol. The molecule has 0 saturated carbocycles. The highest BCUT2D eigenvalue weighted by Crippen LogP contribution is 2.47. The maximum Gasteiger partial charge on any atom is 0.135 e. The van der Waals surface area contributed by atoms with Crippen molar-refractivity contribution >= 4 is 43.9 Å². The molecule has 242 valence electrons. The van der Waals surface area contributed by atoms with Crippen LogP contribution in [-0.2, 0) is 0 Å². The van der Waals surface area contributed by atoms with Gasteiger partial charge in [-0.3, -0.25) is 0 Å². The quantitative estimate of drug-likeness (QED) is 0.184. The summed E-state index contributed by atoms with van der Waals surface area (Å²) in [7, 11) is 0. The Morgan fingerprint density at radius 3 is 1.52 bits per heavy atom. The van der Waals surface area contributed by atoms with Gasteiger partial charge < -0.3 is 8.83 Å². The lowest BCUT2D eigenvalue weighted by Crippen LogP contribution is -1.95. The molecule has 2 aromatic heterocycles. The van der Waals surface area contributed by atoms with Crippen molar-refractivity contribution in [2.75, 3.05) is 0 Å². The molecule has 0 radical (unpaired) electrons. The maximum absolute atomic E-state index is 10.0. The molecule has 0 aliphatic rings. The Morgan fingerprint density at radius 1 is 0.327 bits per heavy atom. The molecule has 0 bridgehead atoms. The number of para-hydroxylation sites is 2. The van der Waals surface area contributed by atoms with Gasteiger partial charge in [-0.25, -0.2) is 0 Å². The normalized spacial score (nSPS) is 11.4. The van der Waals surface area contributed by atoms with E-state index in [9.17, 15) is 5.26 Å². The van der Waals surface area contributed by atoms with E-state index in [-0.39, 0.29) is 0 Å². The van der Waals surface area contributed by atoms with Crippen molar-refractivity contribution in [2.45, 2.75) is 0 Å². The molecule has 3 nitrogen and oxygen atoms in total. The zero-order valence-corrected chi connectivity index (χ0v) is 28.0. The number of fused-ring (bicyclic) bond motifs is 6. The molecule has 52 heavy (non-hydrogen) atoms. The smallest absolute Gasteiger partial charge is 0.135 e. The highest BCUT2D eigenvalue weighted by atomic mass is 16.3. The lowest BCUT2D eigenvalue weighted by Gasteiger charge is -2.21. The molecule has 8 aromatic carbocycles. The number of furan rings is 2. The Hall–Kier alpha value is -7.15. The average molecular weight is 664 g/mol. The van der Waals surface area contributed by atoms with Gasteiger partial charge in [-0.15, -0.1) is 0 Å². The third-order valence-electron chi connectivity index (χ3n) is 10.1. The molecule has 0 unspecified atom stereocenters. The van der Waals surface area contributed by atoms with Gasteiger partial charge in [0, 0.05) is 21.5 Å². The third-order valence-corrected chi connectivity index (χ3v) is 10.1. The fourth-order valence-corrected chi connectivity index (χ4v) is 7.67. The SMILES string of the molecule is N#Cc1ccc(-c2cc(-c3ccc4oc5ccccc5c4c3)cc(-c3ccc4oc5ccccc5c4c3)c2-c2ccccc2)c(-c2ccccc2)c1. The van der Waals surface area contributed by atoms with E-state index in [4.69, 9.17) is 8.83 Å². The van der Waals surface area contributed by atoms with Gasteiger partial charge in [-0.05, 0) is 116 Å². The second kappa shape index (κ2) is 12.0. The van der Waals surface area contributed by atoms with Crippen LogP contribution < -0.4 is 0 Å². The van der Waals surface area contributed by atoms with Crippen molar-refractivity contribution in [3.63, 3.8) is 0 Å². The average Bonchev–Trinajstić information content (AvgIpc) is 3.78. The fourth-order valence-electron chi connectivity index (χ4n) is 7.67. The molecule has 0 fully saturated rings. The van der Waals surface area contributed by atoms with Crippen LogP contribution >= 0.6 is 0 Å². The van der Waals surface area contributed by atoms with Gasteiger partial charge in [0.1, 0.15) is 22.3 Å². The summed E-state index contributed by atoms with van der Waals surface area (Å²) in [6, 6.07) is 63.4. The Labute approximate surface area is 300 Å². The van der Waals surface area contributed by atoms with Crippen LogP contribution in [0.1, 0.15) is 5.56 Å². The van der Waals surface area contributed by atoms with Crippen molar-refractivity contribution in [1.29, 1.82) is 5.26 Å². The van der Waals surface area contributed by atoms with Crippen molar-refractivity contribution in [3.8, 4) is 61.7 Å². The van der Waals surface area contributed by atoms with Crippen LogP contribution in [0.2, 0.25) is 0 Å². The number of rotatable bonds is 5. The van der Waals surface area contributed by atoms with E-state index < -0.39 is 0 Å². The van der Waals surface area contributed by atoms with Crippen LogP contribution in [0.3, 0.4) is 0 Å². The second-order valence-corrected chi connectivity index (χ2v) is 13.2. The summed E-state index contributed by atoms with van der Waals surface area (Å²) in [5.74, 6) is 0. The van der Waals surface area contributed by atoms with Gasteiger partial charge in [0.15, 0.2) is 0 Å². The van der Waals surface area contributed by atoms with E-state index in [1.54, 1.807) is 0 Å². The topological polar surface area (TPSA) is 50.1 Å². The maximum atomic E-state index is 10.0. The molecule has 10 rings (SSSR count). The fraction of sp³-hybridized carbons (Fsp3) is 0. The predicted molar refractivity (Wildman–Crippen MR) is 213 cm³/mol. The molecule has 0 saturated heterocycles.